The molecule has 0 aromatic heterocycles. The number of ether oxygens (including phenoxy) is 2. The van der Waals surface area contributed by atoms with Gasteiger partial charge in [0.1, 0.15) is 34.1 Å². The molecule has 0 radical (unpaired) electrons. The molecule has 158 valence electrons. The predicted octanol–water partition coefficient (Wildman–Crippen LogP) is 6.20. The monoisotopic (exact) mass is 426 g/mol. The zero-order valence-electron chi connectivity index (χ0n) is 16.8. The first kappa shape index (κ1) is 20.7. The van der Waals surface area contributed by atoms with E-state index in [2.05, 4.69) is 0 Å². The van der Waals surface area contributed by atoms with Crippen LogP contribution in [0.4, 0.5) is 0 Å². The Morgan fingerprint density at radius 3 is 1.19 bits per heavy atom. The summed E-state index contributed by atoms with van der Waals surface area (Å²) in [6, 6.07) is 31.0. The molecule has 0 unspecified atom stereocenters. The molecule has 4 aromatic carbocycles. The average molecular weight is 426 g/mol. The average Bonchev–Trinajstić information content (AvgIpc) is 2.84. The lowest BCUT2D eigenvalue weighted by atomic mass is 10.2. The molecule has 6 nitrogen and oxygen atoms in total. The molecule has 32 heavy (non-hydrogen) atoms. The molecule has 0 saturated heterocycles. The van der Waals surface area contributed by atoms with Crippen LogP contribution in [0.25, 0.3) is 0 Å². The van der Waals surface area contributed by atoms with Gasteiger partial charge in [-0.15, -0.1) is 0 Å². The van der Waals surface area contributed by atoms with Crippen LogP contribution in [-0.2, 0) is 9.78 Å². The number of para-hydroxylation sites is 4. The van der Waals surface area contributed by atoms with E-state index in [1.54, 1.807) is 60.7 Å². The van der Waals surface area contributed by atoms with E-state index in [0.717, 1.165) is 0 Å². The van der Waals surface area contributed by atoms with Gasteiger partial charge in [-0.3, -0.25) is 0 Å². The zero-order valence-corrected chi connectivity index (χ0v) is 16.8. The Balaban J connectivity index is 1.45. The van der Waals surface area contributed by atoms with Crippen LogP contribution in [0.15, 0.2) is 109 Å². The summed E-state index contributed by atoms with van der Waals surface area (Å²) < 4.78 is 11.5. The third-order valence-corrected chi connectivity index (χ3v) is 4.35. The minimum absolute atomic E-state index is 0.109. The molecule has 0 fully saturated rings. The maximum Gasteiger partial charge on any atom is 0.390 e. The molecule has 0 atom stereocenters. The van der Waals surface area contributed by atoms with Crippen molar-refractivity contribution >= 4 is 11.9 Å². The molecule has 6 heteroatoms. The second-order valence-corrected chi connectivity index (χ2v) is 6.56. The number of carbonyl (C=O) groups excluding carboxylic acids is 2. The highest BCUT2D eigenvalue weighted by atomic mass is 17.2. The predicted molar refractivity (Wildman–Crippen MR) is 117 cm³/mol. The Kier molecular flexibility index (Phi) is 6.43. The van der Waals surface area contributed by atoms with E-state index in [-0.39, 0.29) is 22.6 Å². The number of benzene rings is 4. The number of hydrogen-bond acceptors (Lipinski definition) is 6. The van der Waals surface area contributed by atoms with Crippen LogP contribution in [0.1, 0.15) is 20.7 Å². The van der Waals surface area contributed by atoms with Gasteiger partial charge in [0.2, 0.25) is 0 Å². The SMILES string of the molecule is O=C(OOC(=O)c1ccccc1Oc1ccccc1)c1ccccc1Oc1ccccc1. The lowest BCUT2D eigenvalue weighted by Crippen LogP contribution is -2.13. The van der Waals surface area contributed by atoms with Gasteiger partial charge >= 0.3 is 11.9 Å². The normalized spacial score (nSPS) is 10.1. The molecule has 0 heterocycles. The van der Waals surface area contributed by atoms with Crippen LogP contribution >= 0.6 is 0 Å². The van der Waals surface area contributed by atoms with Crippen molar-refractivity contribution in [3.05, 3.63) is 120 Å². The number of hydrogen-bond donors (Lipinski definition) is 0. The Hall–Kier alpha value is -4.58. The Bertz CT molecular complexity index is 1110. The molecule has 0 aliphatic carbocycles. The molecule has 0 spiro atoms. The van der Waals surface area contributed by atoms with Crippen molar-refractivity contribution in [2.24, 2.45) is 0 Å². The second kappa shape index (κ2) is 9.95. The van der Waals surface area contributed by atoms with E-state index >= 15 is 0 Å². The summed E-state index contributed by atoms with van der Waals surface area (Å²) in [7, 11) is 0. The van der Waals surface area contributed by atoms with Gasteiger partial charge in [-0.2, -0.15) is 0 Å². The van der Waals surface area contributed by atoms with E-state index in [9.17, 15) is 9.59 Å². The summed E-state index contributed by atoms with van der Waals surface area (Å²) in [5.41, 5.74) is 0.218. The lowest BCUT2D eigenvalue weighted by Gasteiger charge is -2.11. The first-order valence-corrected chi connectivity index (χ1v) is 9.78. The maximum atomic E-state index is 12.6. The van der Waals surface area contributed by atoms with Crippen molar-refractivity contribution in [2.75, 3.05) is 0 Å². The molecule has 0 aliphatic rings. The number of rotatable bonds is 6. The molecule has 0 amide bonds. The van der Waals surface area contributed by atoms with E-state index in [0.29, 0.717) is 11.5 Å². The van der Waals surface area contributed by atoms with Crippen LogP contribution < -0.4 is 9.47 Å². The third-order valence-electron chi connectivity index (χ3n) is 4.35. The van der Waals surface area contributed by atoms with Gasteiger partial charge in [0.15, 0.2) is 0 Å². The molecule has 0 bridgehead atoms. The largest absolute Gasteiger partial charge is 0.456 e. The highest BCUT2D eigenvalue weighted by molar-refractivity contribution is 5.95. The van der Waals surface area contributed by atoms with Crippen molar-refractivity contribution in [3.63, 3.8) is 0 Å². The maximum absolute atomic E-state index is 12.6. The minimum atomic E-state index is -0.869. The minimum Gasteiger partial charge on any atom is -0.456 e. The molecular formula is C26H18O6. The number of carbonyl (C=O) groups is 2. The van der Waals surface area contributed by atoms with Crippen molar-refractivity contribution in [1.82, 2.24) is 0 Å². The van der Waals surface area contributed by atoms with Crippen molar-refractivity contribution in [3.8, 4) is 23.0 Å². The third kappa shape index (κ3) is 5.12. The molecule has 0 saturated carbocycles. The van der Waals surface area contributed by atoms with Crippen LogP contribution in [0.3, 0.4) is 0 Å². The van der Waals surface area contributed by atoms with Gasteiger partial charge in [-0.25, -0.2) is 19.4 Å². The Morgan fingerprint density at radius 1 is 0.438 bits per heavy atom. The Labute approximate surface area is 184 Å². The molecule has 4 rings (SSSR count). The quantitative estimate of drug-likeness (QED) is 0.270. The second-order valence-electron chi connectivity index (χ2n) is 6.56. The van der Waals surface area contributed by atoms with Crippen LogP contribution in [0.5, 0.6) is 23.0 Å². The topological polar surface area (TPSA) is 71.1 Å². The van der Waals surface area contributed by atoms with Gasteiger partial charge in [0.05, 0.1) is 0 Å². The fraction of sp³-hybridized carbons (Fsp3) is 0. The van der Waals surface area contributed by atoms with Crippen molar-refractivity contribution < 1.29 is 28.8 Å². The van der Waals surface area contributed by atoms with Gasteiger partial charge in [-0.1, -0.05) is 60.7 Å². The van der Waals surface area contributed by atoms with E-state index < -0.39 is 11.9 Å². The highest BCUT2D eigenvalue weighted by Gasteiger charge is 2.20. The van der Waals surface area contributed by atoms with Gasteiger partial charge in [0.25, 0.3) is 0 Å². The lowest BCUT2D eigenvalue weighted by molar-refractivity contribution is -0.187. The summed E-state index contributed by atoms with van der Waals surface area (Å²) in [5, 5.41) is 0. The van der Waals surface area contributed by atoms with Crippen LogP contribution in [-0.4, -0.2) is 11.9 Å². The summed E-state index contributed by atoms with van der Waals surface area (Å²) in [4.78, 5) is 34.7. The van der Waals surface area contributed by atoms with Crippen molar-refractivity contribution in [2.45, 2.75) is 0 Å². The van der Waals surface area contributed by atoms with E-state index in [4.69, 9.17) is 19.2 Å². The fourth-order valence-corrected chi connectivity index (χ4v) is 2.85. The molecular weight excluding hydrogens is 408 g/mol. The van der Waals surface area contributed by atoms with Crippen LogP contribution in [0, 0.1) is 0 Å². The van der Waals surface area contributed by atoms with E-state index in [1.807, 2.05) is 36.4 Å². The first-order chi connectivity index (χ1) is 15.7. The zero-order chi connectivity index (χ0) is 22.2. The standard InChI is InChI=1S/C26H18O6/c27-25(21-15-7-9-17-23(21)29-19-11-3-1-4-12-19)31-32-26(28)22-16-8-10-18-24(22)30-20-13-5-2-6-14-20/h1-18H. The molecule has 0 N–H and O–H groups in total. The summed E-state index contributed by atoms with van der Waals surface area (Å²) in [5.74, 6) is -0.0914. The summed E-state index contributed by atoms with van der Waals surface area (Å²) in [6.07, 6.45) is 0. The first-order valence-electron chi connectivity index (χ1n) is 9.78. The van der Waals surface area contributed by atoms with Gasteiger partial charge < -0.3 is 9.47 Å². The van der Waals surface area contributed by atoms with Gasteiger partial charge in [-0.05, 0) is 48.5 Å². The van der Waals surface area contributed by atoms with Gasteiger partial charge in [0, 0.05) is 0 Å². The van der Waals surface area contributed by atoms with E-state index in [1.165, 1.54) is 12.1 Å². The Morgan fingerprint density at radius 2 is 0.781 bits per heavy atom. The molecule has 0 aliphatic heterocycles. The molecule has 4 aromatic rings. The van der Waals surface area contributed by atoms with Crippen LogP contribution in [0.2, 0.25) is 0 Å². The smallest absolute Gasteiger partial charge is 0.390 e. The summed E-state index contributed by atoms with van der Waals surface area (Å²) in [6.45, 7) is 0. The summed E-state index contributed by atoms with van der Waals surface area (Å²) >= 11 is 0. The fourth-order valence-electron chi connectivity index (χ4n) is 2.85. The highest BCUT2D eigenvalue weighted by Crippen LogP contribution is 2.27. The van der Waals surface area contributed by atoms with Crippen molar-refractivity contribution in [1.29, 1.82) is 0 Å².